The molecule has 9 aromatic carbocycles. The fourth-order valence-electron chi connectivity index (χ4n) is 9.94. The number of allylic oxidation sites excluding steroid dienone is 2. The van der Waals surface area contributed by atoms with Crippen molar-refractivity contribution in [3.63, 3.8) is 0 Å². The fraction of sp³-hybridized carbons (Fsp3) is 0.0645. The third kappa shape index (κ3) is 7.75. The number of rotatable bonds is 10. The first-order valence-electron chi connectivity index (χ1n) is 22.8. The van der Waals surface area contributed by atoms with Crippen molar-refractivity contribution in [3.8, 4) is 44.5 Å². The Balaban J connectivity index is 0.846. The fourth-order valence-corrected chi connectivity index (χ4v) is 13.0. The van der Waals surface area contributed by atoms with Crippen molar-refractivity contribution in [1.29, 1.82) is 0 Å². The molecule has 1 atom stereocenters. The molecule has 1 aliphatic carbocycles. The zero-order valence-corrected chi connectivity index (χ0v) is 37.9. The number of nitrogens with zero attached hydrogens (tertiary/aromatic N) is 2. The van der Waals surface area contributed by atoms with E-state index in [0.717, 1.165) is 23.5 Å². The second-order valence-electron chi connectivity index (χ2n) is 17.7. The van der Waals surface area contributed by atoms with E-state index in [9.17, 15) is 0 Å². The van der Waals surface area contributed by atoms with Gasteiger partial charge < -0.3 is 9.80 Å². The number of hydrogen-bond donors (Lipinski definition) is 0. The van der Waals surface area contributed by atoms with Crippen LogP contribution in [0.15, 0.2) is 249 Å². The highest BCUT2D eigenvalue weighted by atomic mass is 28.3. The van der Waals surface area contributed by atoms with Crippen molar-refractivity contribution in [2.24, 2.45) is 0 Å². The van der Waals surface area contributed by atoms with E-state index < -0.39 is 8.07 Å². The Hall–Kier alpha value is -7.72. The summed E-state index contributed by atoms with van der Waals surface area (Å²) in [6.45, 7) is 5.04. The molecule has 9 aromatic rings. The molecule has 0 saturated heterocycles. The van der Waals surface area contributed by atoms with Crippen LogP contribution in [0.3, 0.4) is 0 Å². The minimum Gasteiger partial charge on any atom is -0.334 e. The summed E-state index contributed by atoms with van der Waals surface area (Å²) in [6, 6.07) is 84.5. The molecule has 0 saturated carbocycles. The second kappa shape index (κ2) is 17.1. The minimum atomic E-state index is -2.01. The molecule has 0 amide bonds. The van der Waals surface area contributed by atoms with E-state index in [1.54, 1.807) is 0 Å². The molecule has 0 spiro atoms. The maximum Gasteiger partial charge on any atom is 0.113 e. The van der Waals surface area contributed by atoms with Gasteiger partial charge in [0.25, 0.3) is 0 Å². The lowest BCUT2D eigenvalue weighted by Gasteiger charge is -2.33. The number of anilines is 5. The van der Waals surface area contributed by atoms with E-state index >= 15 is 0 Å². The average Bonchev–Trinajstić information content (AvgIpc) is 3.60. The van der Waals surface area contributed by atoms with E-state index in [1.807, 2.05) is 0 Å². The van der Waals surface area contributed by atoms with Crippen LogP contribution in [0.4, 0.5) is 28.4 Å². The van der Waals surface area contributed by atoms with Crippen LogP contribution in [0.5, 0.6) is 0 Å². The Bertz CT molecular complexity index is 3160. The van der Waals surface area contributed by atoms with Crippen molar-refractivity contribution < 1.29 is 0 Å². The van der Waals surface area contributed by atoms with Gasteiger partial charge in [0.05, 0.1) is 6.04 Å². The van der Waals surface area contributed by atoms with Gasteiger partial charge in [0.1, 0.15) is 8.07 Å². The molecule has 0 bridgehead atoms. The molecule has 0 radical (unpaired) electrons. The van der Waals surface area contributed by atoms with Crippen molar-refractivity contribution in [2.75, 3.05) is 9.80 Å². The SMILES string of the molecule is C[Si]1(C)c2cc(-c3ccc(N(c4ccccc4)c4ccc(-c5ccccc5)cc4)cc3)ccc2-c2ccc(-c3ccc(N(c4ccccc4)C4C=CC(c5ccccc5)=CC4)cc3)cc21. The van der Waals surface area contributed by atoms with Gasteiger partial charge in [-0.2, -0.15) is 0 Å². The Morgan fingerprint density at radius 1 is 0.369 bits per heavy atom. The van der Waals surface area contributed by atoms with Gasteiger partial charge in [-0.05, 0) is 133 Å². The Kier molecular flexibility index (Phi) is 10.5. The highest BCUT2D eigenvalue weighted by Crippen LogP contribution is 2.39. The molecular formula is C62H50N2Si. The zero-order valence-electron chi connectivity index (χ0n) is 36.9. The predicted octanol–water partition coefficient (Wildman–Crippen LogP) is 15.5. The smallest absolute Gasteiger partial charge is 0.113 e. The lowest BCUT2D eigenvalue weighted by Crippen LogP contribution is -2.49. The summed E-state index contributed by atoms with van der Waals surface area (Å²) < 4.78 is 0. The molecule has 65 heavy (non-hydrogen) atoms. The number of para-hydroxylation sites is 2. The number of benzene rings is 9. The van der Waals surface area contributed by atoms with E-state index in [-0.39, 0.29) is 6.04 Å². The molecule has 1 unspecified atom stereocenters. The molecule has 11 rings (SSSR count). The first-order chi connectivity index (χ1) is 32.0. The Morgan fingerprint density at radius 2 is 0.738 bits per heavy atom. The quantitative estimate of drug-likeness (QED) is 0.127. The van der Waals surface area contributed by atoms with Gasteiger partial charge in [0.2, 0.25) is 0 Å². The van der Waals surface area contributed by atoms with Crippen LogP contribution < -0.4 is 20.2 Å². The summed E-state index contributed by atoms with van der Waals surface area (Å²) in [6.07, 6.45) is 7.97. The van der Waals surface area contributed by atoms with Gasteiger partial charge in [-0.25, -0.2) is 0 Å². The molecular weight excluding hydrogens is 801 g/mol. The summed E-state index contributed by atoms with van der Waals surface area (Å²) in [4.78, 5) is 4.81. The number of fused-ring (bicyclic) bond motifs is 3. The lowest BCUT2D eigenvalue weighted by molar-refractivity contribution is 0.787. The maximum atomic E-state index is 2.52. The van der Waals surface area contributed by atoms with Gasteiger partial charge >= 0.3 is 0 Å². The van der Waals surface area contributed by atoms with Crippen molar-refractivity contribution in [3.05, 3.63) is 254 Å². The molecule has 0 N–H and O–H groups in total. The van der Waals surface area contributed by atoms with E-state index in [2.05, 4.69) is 272 Å². The first kappa shape index (κ1) is 40.1. The standard InChI is InChI=1S/C62H50N2Si/c1-65(2)61-43-51(49-27-37-57(38-28-49)63(53-19-11-5-12-20-53)55-33-23-47(24-34-55)45-15-7-3-8-16-45)31-41-59(61)60-42-32-52(44-62(60)65)50-29-39-58(40-30-50)64(54-21-13-6-14-22-54)56-35-25-48(26-36-56)46-17-9-4-10-18-46/h3-35,37-44,56H,36H2,1-2H3. The monoisotopic (exact) mass is 850 g/mol. The normalized spacial score (nSPS) is 14.6. The van der Waals surface area contributed by atoms with Crippen molar-refractivity contribution >= 4 is 52.5 Å². The Morgan fingerprint density at radius 3 is 1.22 bits per heavy atom. The van der Waals surface area contributed by atoms with Gasteiger partial charge in [-0.3, -0.25) is 0 Å². The van der Waals surface area contributed by atoms with Crippen LogP contribution in [-0.4, -0.2) is 14.1 Å². The molecule has 0 aromatic heterocycles. The van der Waals surface area contributed by atoms with Crippen LogP contribution in [0.25, 0.3) is 50.1 Å². The molecule has 1 aliphatic heterocycles. The summed E-state index contributed by atoms with van der Waals surface area (Å²) in [5.74, 6) is 0. The van der Waals surface area contributed by atoms with Gasteiger partial charge in [0, 0.05) is 28.4 Å². The van der Waals surface area contributed by atoms with Crippen LogP contribution in [0.2, 0.25) is 13.1 Å². The van der Waals surface area contributed by atoms with Gasteiger partial charge in [-0.1, -0.05) is 201 Å². The molecule has 2 aliphatic rings. The third-order valence-corrected chi connectivity index (χ3v) is 16.9. The molecule has 1 heterocycles. The largest absolute Gasteiger partial charge is 0.334 e. The van der Waals surface area contributed by atoms with Gasteiger partial charge in [0.15, 0.2) is 0 Å². The Labute approximate surface area is 384 Å². The highest BCUT2D eigenvalue weighted by molar-refractivity contribution is 7.03. The molecule has 312 valence electrons. The molecule has 3 heteroatoms. The summed E-state index contributed by atoms with van der Waals surface area (Å²) in [7, 11) is -2.01. The molecule has 2 nitrogen and oxygen atoms in total. The number of hydrogen-bond acceptors (Lipinski definition) is 2. The maximum absolute atomic E-state index is 2.52. The molecule has 0 fully saturated rings. The minimum absolute atomic E-state index is 0.219. The highest BCUT2D eigenvalue weighted by Gasteiger charge is 2.38. The van der Waals surface area contributed by atoms with Crippen molar-refractivity contribution in [2.45, 2.75) is 25.6 Å². The topological polar surface area (TPSA) is 6.48 Å². The zero-order chi connectivity index (χ0) is 43.7. The van der Waals surface area contributed by atoms with E-state index in [4.69, 9.17) is 0 Å². The van der Waals surface area contributed by atoms with Crippen molar-refractivity contribution in [1.82, 2.24) is 0 Å². The summed E-state index contributed by atoms with van der Waals surface area (Å²) in [5.41, 5.74) is 18.5. The van der Waals surface area contributed by atoms with Crippen LogP contribution >= 0.6 is 0 Å². The second-order valence-corrected chi connectivity index (χ2v) is 22.0. The van der Waals surface area contributed by atoms with E-state index in [1.165, 1.54) is 77.4 Å². The van der Waals surface area contributed by atoms with Gasteiger partial charge in [-0.15, -0.1) is 0 Å². The summed E-state index contributed by atoms with van der Waals surface area (Å²) >= 11 is 0. The van der Waals surface area contributed by atoms with Crippen LogP contribution in [-0.2, 0) is 0 Å². The van der Waals surface area contributed by atoms with Crippen LogP contribution in [0.1, 0.15) is 12.0 Å². The van der Waals surface area contributed by atoms with E-state index in [0.29, 0.717) is 0 Å². The average molecular weight is 851 g/mol. The predicted molar refractivity (Wildman–Crippen MR) is 280 cm³/mol. The lowest BCUT2D eigenvalue weighted by atomic mass is 9.95. The first-order valence-corrected chi connectivity index (χ1v) is 25.8. The van der Waals surface area contributed by atoms with Crippen LogP contribution in [0, 0.1) is 0 Å². The summed E-state index contributed by atoms with van der Waals surface area (Å²) in [5, 5.41) is 3.02. The third-order valence-electron chi connectivity index (χ3n) is 13.4.